The van der Waals surface area contributed by atoms with Gasteiger partial charge in [-0.2, -0.15) is 0 Å². The van der Waals surface area contributed by atoms with E-state index in [1.54, 1.807) is 6.08 Å². The Hall–Kier alpha value is -4.44. The van der Waals surface area contributed by atoms with Crippen LogP contribution in [0.25, 0.3) is 0 Å². The highest BCUT2D eigenvalue weighted by atomic mass is 16.5. The van der Waals surface area contributed by atoms with E-state index in [0.717, 1.165) is 106 Å². The molecule has 0 saturated heterocycles. The van der Waals surface area contributed by atoms with Crippen molar-refractivity contribution in [2.75, 3.05) is 7.05 Å². The Bertz CT molecular complexity index is 3270. The second-order valence-corrected chi connectivity index (χ2v) is 31.5. The fourth-order valence-electron chi connectivity index (χ4n) is 25.6. The monoisotopic (exact) mass is 1160 g/mol. The van der Waals surface area contributed by atoms with Crippen LogP contribution in [0.1, 0.15) is 169 Å². The fraction of sp³-hybridized carbons (Fsp3) is 0.658. The molecule has 13 aliphatic carbocycles. The molecule has 7 N–H and O–H groups in total. The van der Waals surface area contributed by atoms with Crippen molar-refractivity contribution in [1.82, 2.24) is 5.32 Å². The molecule has 0 aromatic heterocycles. The molecule has 14 aliphatic rings. The average Bonchev–Trinajstić information content (AvgIpc) is 1.21. The highest BCUT2D eigenvalue weighted by Gasteiger charge is 2.88. The maximum atomic E-state index is 15.8. The molecule has 1 aliphatic heterocycles. The summed E-state index contributed by atoms with van der Waals surface area (Å²) >= 11 is 0. The normalized spacial score (nSPS) is 48.6. The minimum Gasteiger partial charge on any atom is -0.454 e. The maximum absolute atomic E-state index is 15.8. The molecule has 3 aromatic rings. The standard InChI is InChI=1S/C76H93NO9/c1-77-63-37-56-49(18-10-20-53(56)41-78)25-29-70(28-24-46(39-70)32-45-12-4-2-5-13-45)42-72-31-27-64-73(44-79)43-71(30-26-52-33-50(22-23-60(52)71)47-14-6-3-7-15-47)68(81)61-35-51-19-11-21-55(48-16-8-9-17-48)57(51)36-62(75(61,73)84)69(82)76(64,85)74(72,83)40-54-34-58(63)67-59(66(54)72)38-65(80)86-67/h2-7,10-15,18-20,38,44,46,48,50-52,54-55,57-58,60-64,66-69,77-78,81-85H,8-9,16-17,21-24,26-28,30-37,39-43H2,1H3. The van der Waals surface area contributed by atoms with Gasteiger partial charge in [-0.1, -0.05) is 122 Å². The molecule has 0 radical (unpaired) electrons. The van der Waals surface area contributed by atoms with Crippen LogP contribution >= 0.6 is 0 Å². The number of aliphatic hydroxyl groups is 6. The number of nitrogens with one attached hydrogen (secondary N) is 1. The van der Waals surface area contributed by atoms with Gasteiger partial charge in [0.25, 0.3) is 0 Å². The summed E-state index contributed by atoms with van der Waals surface area (Å²) in [6.07, 6.45) is 21.1. The number of hydrogen-bond donors (Lipinski definition) is 7. The summed E-state index contributed by atoms with van der Waals surface area (Å²) in [6, 6.07) is 27.3. The number of carbonyl (C=O) groups is 2. The van der Waals surface area contributed by atoms with Crippen molar-refractivity contribution in [2.45, 2.75) is 201 Å². The lowest BCUT2D eigenvalue weighted by Gasteiger charge is -2.75. The van der Waals surface area contributed by atoms with Crippen molar-refractivity contribution < 1.29 is 45.0 Å². The molecule has 24 atom stereocenters. The number of aliphatic hydroxyl groups excluding tert-OH is 3. The Morgan fingerprint density at radius 2 is 1.52 bits per heavy atom. The summed E-state index contributed by atoms with van der Waals surface area (Å²) in [6.45, 7) is -0.142. The zero-order chi connectivity index (χ0) is 58.8. The van der Waals surface area contributed by atoms with Crippen LogP contribution < -0.4 is 5.32 Å². The van der Waals surface area contributed by atoms with Gasteiger partial charge < -0.3 is 45.5 Å². The van der Waals surface area contributed by atoms with Gasteiger partial charge in [0.2, 0.25) is 0 Å². The number of carbonyl (C=O) groups excluding carboxylic acids is 2. The predicted molar refractivity (Wildman–Crippen MR) is 327 cm³/mol. The minimum absolute atomic E-state index is 0.0112. The summed E-state index contributed by atoms with van der Waals surface area (Å²) in [5, 5.41) is 89.1. The third-order valence-electron chi connectivity index (χ3n) is 28.7. The van der Waals surface area contributed by atoms with E-state index in [4.69, 9.17) is 4.74 Å². The predicted octanol–water partition coefficient (Wildman–Crippen LogP) is 10.5. The first kappa shape index (κ1) is 56.8. The molecule has 456 valence electrons. The van der Waals surface area contributed by atoms with Crippen molar-refractivity contribution in [3.05, 3.63) is 130 Å². The topological polar surface area (TPSA) is 177 Å². The smallest absolute Gasteiger partial charge is 0.331 e. The first-order chi connectivity index (χ1) is 41.7. The number of fused-ring (bicyclic) bond motifs is 7. The third-order valence-corrected chi connectivity index (χ3v) is 28.7. The number of likely N-dealkylation sites (N-methyl/N-ethyl adjacent to an activating group) is 1. The Kier molecular flexibility index (Phi) is 13.6. The fourth-order valence-corrected chi connectivity index (χ4v) is 25.6. The quantitative estimate of drug-likeness (QED) is 0.0522. The molecule has 10 saturated carbocycles. The Morgan fingerprint density at radius 3 is 2.30 bits per heavy atom. The molecule has 17 rings (SSSR count). The van der Waals surface area contributed by atoms with Crippen LogP contribution in [-0.4, -0.2) is 91.1 Å². The van der Waals surface area contributed by atoms with Crippen molar-refractivity contribution in [3.8, 4) is 11.8 Å². The van der Waals surface area contributed by atoms with Gasteiger partial charge in [-0.05, 0) is 222 Å². The van der Waals surface area contributed by atoms with Crippen molar-refractivity contribution in [2.24, 2.45) is 98.6 Å². The lowest BCUT2D eigenvalue weighted by Crippen LogP contribution is -2.86. The first-order valence-corrected chi connectivity index (χ1v) is 34.3. The van der Waals surface area contributed by atoms with E-state index < -0.39 is 86.4 Å². The maximum Gasteiger partial charge on any atom is 0.331 e. The van der Waals surface area contributed by atoms with Gasteiger partial charge in [-0.25, -0.2) is 4.79 Å². The summed E-state index contributed by atoms with van der Waals surface area (Å²) in [4.78, 5) is 30.1. The van der Waals surface area contributed by atoms with Crippen LogP contribution in [0.4, 0.5) is 0 Å². The first-order valence-electron chi connectivity index (χ1n) is 34.3. The number of aldehydes is 1. The van der Waals surface area contributed by atoms with E-state index in [2.05, 4.69) is 96.0 Å². The van der Waals surface area contributed by atoms with Crippen LogP contribution in [-0.2, 0) is 33.8 Å². The molecule has 1 heterocycles. The van der Waals surface area contributed by atoms with E-state index in [-0.39, 0.29) is 67.4 Å². The number of benzene rings is 3. The van der Waals surface area contributed by atoms with Crippen molar-refractivity contribution in [1.29, 1.82) is 0 Å². The molecule has 4 bridgehead atoms. The molecule has 3 aromatic carbocycles. The van der Waals surface area contributed by atoms with Gasteiger partial charge in [0, 0.05) is 57.6 Å². The van der Waals surface area contributed by atoms with Gasteiger partial charge >= 0.3 is 5.97 Å². The average molecular weight is 1160 g/mol. The Balaban J connectivity index is 0.893. The van der Waals surface area contributed by atoms with Crippen LogP contribution in [0.15, 0.2) is 103 Å². The minimum atomic E-state index is -2.29. The number of hydrogen-bond acceptors (Lipinski definition) is 10. The van der Waals surface area contributed by atoms with Crippen LogP contribution in [0.3, 0.4) is 0 Å². The molecule has 3 spiro atoms. The van der Waals surface area contributed by atoms with Crippen LogP contribution in [0.5, 0.6) is 0 Å². The summed E-state index contributed by atoms with van der Waals surface area (Å²) in [7, 11) is 1.96. The van der Waals surface area contributed by atoms with Crippen LogP contribution in [0, 0.1) is 110 Å². The molecule has 10 nitrogen and oxygen atoms in total. The van der Waals surface area contributed by atoms with Gasteiger partial charge in [0.05, 0.1) is 29.8 Å². The van der Waals surface area contributed by atoms with E-state index in [9.17, 15) is 25.2 Å². The molecule has 24 unspecified atom stereocenters. The molecule has 10 fully saturated rings. The molecule has 86 heavy (non-hydrogen) atoms. The van der Waals surface area contributed by atoms with E-state index >= 15 is 15.0 Å². The molecular formula is C76H93NO9. The van der Waals surface area contributed by atoms with Gasteiger partial charge in [-0.15, -0.1) is 0 Å². The van der Waals surface area contributed by atoms with Gasteiger partial charge in [-0.3, -0.25) is 0 Å². The highest BCUT2D eigenvalue weighted by Crippen LogP contribution is 2.81. The van der Waals surface area contributed by atoms with E-state index in [1.807, 2.05) is 19.2 Å². The summed E-state index contributed by atoms with van der Waals surface area (Å²) in [5.74, 6) is 5.66. The lowest BCUT2D eigenvalue weighted by atomic mass is 9.32. The third kappa shape index (κ3) is 7.76. The summed E-state index contributed by atoms with van der Waals surface area (Å²) < 4.78 is 6.57. The number of esters is 1. The van der Waals surface area contributed by atoms with Gasteiger partial charge in [0.1, 0.15) is 23.6 Å². The van der Waals surface area contributed by atoms with E-state index in [0.29, 0.717) is 62.2 Å². The lowest BCUT2D eigenvalue weighted by molar-refractivity contribution is -0.386. The Labute approximate surface area is 509 Å². The molecule has 10 heteroatoms. The summed E-state index contributed by atoms with van der Waals surface area (Å²) in [5.41, 5.74) is -4.24. The van der Waals surface area contributed by atoms with Crippen molar-refractivity contribution >= 4 is 12.3 Å². The second kappa shape index (κ2) is 20.5. The number of rotatable bonds is 7. The van der Waals surface area contributed by atoms with Crippen molar-refractivity contribution in [3.63, 3.8) is 0 Å². The highest BCUT2D eigenvalue weighted by molar-refractivity contribution is 5.86. The SMILES string of the molecule is CNC1Cc2c(cccc2CO)C#CC2(CCC(Cc3ccccc3)C2)CC23CCC4C5(C=O)CC6(CCC7CC(c8ccccc8)CCC76)C(O)C6CC7C=CCC(C8CCCC8)C7CC(C(O)C4(O)C2(O)CC2CC1C1OC(=O)C=C1C23)C65O. The van der Waals surface area contributed by atoms with E-state index in [1.165, 1.54) is 24.0 Å². The van der Waals surface area contributed by atoms with Gasteiger partial charge in [0.15, 0.2) is 0 Å². The largest absolute Gasteiger partial charge is 0.454 e. The van der Waals surface area contributed by atoms with Crippen LogP contribution in [0.2, 0.25) is 0 Å². The molecular weight excluding hydrogens is 1070 g/mol. The number of allylic oxidation sites excluding steroid dienone is 2. The number of ether oxygens (including phenoxy) is 1. The second-order valence-electron chi connectivity index (χ2n) is 31.5. The zero-order valence-corrected chi connectivity index (χ0v) is 50.6. The molecule has 0 amide bonds. The zero-order valence-electron chi connectivity index (χ0n) is 50.6. The Morgan fingerprint density at radius 1 is 0.733 bits per heavy atom.